The maximum absolute atomic E-state index is 9.37. The summed E-state index contributed by atoms with van der Waals surface area (Å²) < 4.78 is 28.4. The lowest BCUT2D eigenvalue weighted by Crippen LogP contribution is -2.50. The fraction of sp³-hybridized carbons (Fsp3) is 0.547. The molecule has 0 aliphatic rings. The van der Waals surface area contributed by atoms with E-state index in [4.69, 9.17) is 44.6 Å². The first-order chi connectivity index (χ1) is 48.4. The summed E-state index contributed by atoms with van der Waals surface area (Å²) in [5.74, 6) is 1.42. The normalized spacial score (nSPS) is 11.5. The molecule has 7 rings (SSSR count). The second-order valence-electron chi connectivity index (χ2n) is 29.2. The molecule has 0 amide bonds. The zero-order chi connectivity index (χ0) is 74.5. The molecule has 0 atom stereocenters. The Morgan fingerprint density at radius 2 is 0.892 bits per heavy atom. The number of ether oxygens (including phenoxy) is 5. The second-order valence-corrected chi connectivity index (χ2v) is 29.2. The second kappa shape index (κ2) is 50.8. The van der Waals surface area contributed by atoms with Gasteiger partial charge >= 0.3 is 0 Å². The fourth-order valence-corrected chi connectivity index (χ4v) is 11.6. The monoisotopic (exact) mass is 1410 g/mol. The molecule has 102 heavy (non-hydrogen) atoms. The van der Waals surface area contributed by atoms with Crippen molar-refractivity contribution in [3.63, 3.8) is 0 Å². The van der Waals surface area contributed by atoms with Gasteiger partial charge in [0.2, 0.25) is 0 Å². The largest absolute Gasteiger partial charge is 0.870 e. The van der Waals surface area contributed by atoms with Crippen LogP contribution in [0.2, 0.25) is 0 Å². The molecule has 0 unspecified atom stereocenters. The third kappa shape index (κ3) is 33.9. The molecule has 16 nitrogen and oxygen atoms in total. The Balaban J connectivity index is 0.000000441. The summed E-state index contributed by atoms with van der Waals surface area (Å²) in [6, 6.07) is 48.8. The number of methoxy groups -OCH3 is 2. The van der Waals surface area contributed by atoms with Crippen LogP contribution in [0.3, 0.4) is 0 Å². The van der Waals surface area contributed by atoms with E-state index in [0.29, 0.717) is 76.2 Å². The minimum absolute atomic E-state index is 0. The molecule has 16 heteroatoms. The minimum Gasteiger partial charge on any atom is -0.870 e. The number of unbranched alkanes of at least 4 members (excludes halogenated alkanes) is 4. The molecule has 0 aliphatic carbocycles. The van der Waals surface area contributed by atoms with Gasteiger partial charge in [0, 0.05) is 86.1 Å². The number of hydrogen-bond donors (Lipinski definition) is 6. The number of nitrogens with one attached hydrogen (secondary N) is 1. The molecule has 0 radical (unpaired) electrons. The van der Waals surface area contributed by atoms with Crippen molar-refractivity contribution in [3.05, 3.63) is 179 Å². The maximum atomic E-state index is 9.37. The first-order valence-corrected chi connectivity index (χ1v) is 37.3. The molecule has 1 heterocycles. The predicted octanol–water partition coefficient (Wildman–Crippen LogP) is 16.9. The molecule has 0 spiro atoms. The van der Waals surface area contributed by atoms with Gasteiger partial charge in [0.05, 0.1) is 104 Å². The minimum atomic E-state index is -0.135. The van der Waals surface area contributed by atoms with E-state index in [2.05, 4.69) is 148 Å². The third-order valence-corrected chi connectivity index (χ3v) is 17.7. The maximum Gasteiger partial charge on any atom is 0.138 e. The molecule has 0 bridgehead atoms. The van der Waals surface area contributed by atoms with E-state index in [1.54, 1.807) is 32.4 Å². The van der Waals surface area contributed by atoms with Crippen molar-refractivity contribution in [3.8, 4) is 39.7 Å². The summed E-state index contributed by atoms with van der Waals surface area (Å²) in [7, 11) is 3.39. The lowest BCUT2D eigenvalue weighted by Gasteiger charge is -2.39. The van der Waals surface area contributed by atoms with Crippen LogP contribution < -0.4 is 15.4 Å². The van der Waals surface area contributed by atoms with Gasteiger partial charge in [-0.1, -0.05) is 255 Å². The van der Waals surface area contributed by atoms with Crippen molar-refractivity contribution >= 4 is 11.4 Å². The summed E-state index contributed by atoms with van der Waals surface area (Å²) in [5.41, 5.74) is 20.6. The van der Waals surface area contributed by atoms with Crippen molar-refractivity contribution in [2.24, 2.45) is 0 Å². The van der Waals surface area contributed by atoms with Gasteiger partial charge in [0.1, 0.15) is 18.2 Å². The van der Waals surface area contributed by atoms with Crippen LogP contribution in [0.15, 0.2) is 146 Å². The number of para-hydroxylation sites is 1. The SMILES string of the molecule is CC(C)(C)c1cc(C(C)(C)C)c(N)c(C(C)(C)C)c1.CCCC[N+](CCCC)(CCCC)CCCC.COCCN(CCOC)CCOCCOCCOc1c(CO)cccc1CO.Cc1ccc(N(CCO)CCO)cc1.[OH-].c1ccc(-c2nc(-c3ccccc3)c(-c3ccccc3)[nH]2)cc1. The molecule has 0 saturated carbocycles. The third-order valence-electron chi connectivity index (χ3n) is 17.7. The van der Waals surface area contributed by atoms with Gasteiger partial charge in [-0.3, -0.25) is 4.90 Å². The summed E-state index contributed by atoms with van der Waals surface area (Å²) in [5, 5.41) is 36.5. The van der Waals surface area contributed by atoms with Gasteiger partial charge in [-0.2, -0.15) is 0 Å². The van der Waals surface area contributed by atoms with E-state index in [9.17, 15) is 10.2 Å². The van der Waals surface area contributed by atoms with E-state index in [1.165, 1.54) is 104 Å². The molecule has 570 valence electrons. The van der Waals surface area contributed by atoms with Crippen LogP contribution in [0.5, 0.6) is 5.75 Å². The van der Waals surface area contributed by atoms with Gasteiger partial charge in [0.25, 0.3) is 0 Å². The summed E-state index contributed by atoms with van der Waals surface area (Å²) in [6.45, 7) is 44.5. The van der Waals surface area contributed by atoms with E-state index < -0.39 is 0 Å². The number of nitrogens with zero attached hydrogens (tertiary/aromatic N) is 4. The van der Waals surface area contributed by atoms with Crippen molar-refractivity contribution in [2.45, 2.75) is 178 Å². The number of aliphatic hydroxyl groups excluding tert-OH is 4. The molecule has 0 aliphatic heterocycles. The number of aromatic amines is 1. The lowest BCUT2D eigenvalue weighted by molar-refractivity contribution is -0.929. The number of imidazole rings is 1. The Kier molecular flexibility index (Phi) is 45.6. The first kappa shape index (κ1) is 91.6. The number of hydrogen-bond acceptors (Lipinski definition) is 14. The molecule has 0 saturated heterocycles. The Bertz CT molecular complexity index is 3050. The predicted molar refractivity (Wildman–Crippen MR) is 426 cm³/mol. The van der Waals surface area contributed by atoms with Crippen LogP contribution in [0.1, 0.15) is 175 Å². The van der Waals surface area contributed by atoms with Crippen LogP contribution in [-0.2, 0) is 48.4 Å². The Morgan fingerprint density at radius 1 is 0.480 bits per heavy atom. The van der Waals surface area contributed by atoms with Crippen LogP contribution in [0.25, 0.3) is 33.9 Å². The van der Waals surface area contributed by atoms with Gasteiger partial charge in [0.15, 0.2) is 0 Å². The quantitative estimate of drug-likeness (QED) is 0.0121. The van der Waals surface area contributed by atoms with Gasteiger partial charge in [-0.25, -0.2) is 4.98 Å². The number of anilines is 2. The van der Waals surface area contributed by atoms with E-state index >= 15 is 0 Å². The highest BCUT2D eigenvalue weighted by Crippen LogP contribution is 2.40. The lowest BCUT2D eigenvalue weighted by atomic mass is 9.74. The summed E-state index contributed by atoms with van der Waals surface area (Å²) in [6.07, 6.45) is 11.1. The van der Waals surface area contributed by atoms with Crippen LogP contribution >= 0.6 is 0 Å². The standard InChI is InChI=1S/C21H16N2.C20H35NO7.C18H31N.C16H36N.C11H17NO2.H2O/c1-4-10-16(11-5-1)19-20(17-12-6-2-7-13-17)23-21(22-19)18-14-8-3-9-15-18;1-24-9-6-21(7-10-25-2)8-11-26-12-13-27-14-15-28-20-18(16-22)4-3-5-19(20)17-23;1-16(2,3)12-10-13(17(4,5)6)15(19)14(11-12)18(7,8)9;1-5-9-13-17(14-10-6-2,15-11-7-3)16-12-8-4;1-10-2-4-11(5-3-10)12(6-8-13)7-9-14;/h1-15H,(H,22,23);3-5,22-23H,6-17H2,1-2H3;10-11H,19H2,1-9H3;5-16H2,1-4H3;2-5,13-14H,6-9H2,1H3;1H2/q;;;+1;;/p-1. The zero-order valence-corrected chi connectivity index (χ0v) is 65.8. The molecular formula is C86H136N6O10. The van der Waals surface area contributed by atoms with Crippen LogP contribution in [-0.4, -0.2) is 178 Å². The number of quaternary nitrogens is 1. The van der Waals surface area contributed by atoms with Gasteiger partial charge in [-0.15, -0.1) is 0 Å². The number of aliphatic hydroxyl groups is 4. The number of aromatic nitrogens is 2. The van der Waals surface area contributed by atoms with Crippen molar-refractivity contribution < 1.29 is 54.1 Å². The summed E-state index contributed by atoms with van der Waals surface area (Å²) >= 11 is 0. The number of benzene rings is 6. The van der Waals surface area contributed by atoms with E-state index in [-0.39, 0.29) is 48.1 Å². The van der Waals surface area contributed by atoms with Crippen LogP contribution in [0.4, 0.5) is 11.4 Å². The molecule has 8 N–H and O–H groups in total. The Labute approximate surface area is 616 Å². The van der Waals surface area contributed by atoms with Gasteiger partial charge in [-0.05, 0) is 77.7 Å². The number of H-pyrrole nitrogens is 1. The first-order valence-electron chi connectivity index (χ1n) is 37.3. The molecule has 6 aromatic carbocycles. The molecule has 1 aromatic heterocycles. The highest BCUT2D eigenvalue weighted by Gasteiger charge is 2.29. The number of rotatable bonds is 38. The smallest absolute Gasteiger partial charge is 0.138 e. The zero-order valence-electron chi connectivity index (χ0n) is 65.8. The molecular weight excluding hydrogens is 1280 g/mol. The Morgan fingerprint density at radius 3 is 1.29 bits per heavy atom. The number of nitrogen functional groups attached to an aromatic ring is 1. The van der Waals surface area contributed by atoms with Crippen molar-refractivity contribution in [1.82, 2.24) is 14.9 Å². The molecule has 7 aromatic rings. The average Bonchev–Trinajstić information content (AvgIpc) is 0.863. The Hall–Kier alpha value is -6.51. The van der Waals surface area contributed by atoms with E-state index in [1.807, 2.05) is 90.7 Å². The highest BCUT2D eigenvalue weighted by molar-refractivity contribution is 5.81. The number of nitrogens with two attached hydrogens (primary N) is 1. The average molecular weight is 1410 g/mol. The highest BCUT2D eigenvalue weighted by atomic mass is 16.5. The van der Waals surface area contributed by atoms with E-state index in [0.717, 1.165) is 64.9 Å². The molecule has 0 fully saturated rings. The topological polar surface area (TPSA) is 218 Å². The van der Waals surface area contributed by atoms with Gasteiger partial charge < -0.3 is 69.7 Å². The van der Waals surface area contributed by atoms with Crippen LogP contribution in [0, 0.1) is 6.92 Å². The van der Waals surface area contributed by atoms with Crippen molar-refractivity contribution in [2.75, 3.05) is 143 Å². The summed E-state index contributed by atoms with van der Waals surface area (Å²) in [4.78, 5) is 12.6. The fourth-order valence-electron chi connectivity index (χ4n) is 11.6. The van der Waals surface area contributed by atoms with Crippen molar-refractivity contribution in [1.29, 1.82) is 0 Å². The number of aryl methyl sites for hydroxylation is 1.